The third kappa shape index (κ3) is 5.43. The first-order valence-electron chi connectivity index (χ1n) is 8.74. The van der Waals surface area contributed by atoms with Crippen LogP contribution in [0.5, 0.6) is 0 Å². The molecule has 2 aromatic carbocycles. The highest BCUT2D eigenvalue weighted by Crippen LogP contribution is 2.22. The minimum absolute atomic E-state index is 0.104. The fourth-order valence-corrected chi connectivity index (χ4v) is 3.20. The molecule has 138 valence electrons. The molecule has 0 unspecified atom stereocenters. The molecule has 1 aromatic heterocycles. The minimum Gasteiger partial charge on any atom is -0.352 e. The maximum atomic E-state index is 12.4. The first kappa shape index (κ1) is 18.7. The second-order valence-corrected chi connectivity index (χ2v) is 6.69. The monoisotopic (exact) mass is 379 g/mol. The lowest BCUT2D eigenvalue weighted by Crippen LogP contribution is -2.39. The Morgan fingerprint density at radius 2 is 1.52 bits per heavy atom. The molecule has 6 heteroatoms. The van der Waals surface area contributed by atoms with Crippen molar-refractivity contribution >= 4 is 34.5 Å². The normalized spacial score (nSPS) is 10.2. The molecule has 0 saturated heterocycles. The summed E-state index contributed by atoms with van der Waals surface area (Å²) >= 11 is 1.48. The fourth-order valence-electron chi connectivity index (χ4n) is 2.56. The van der Waals surface area contributed by atoms with Crippen molar-refractivity contribution in [1.82, 2.24) is 10.7 Å². The van der Waals surface area contributed by atoms with Crippen molar-refractivity contribution in [2.24, 2.45) is 0 Å². The van der Waals surface area contributed by atoms with Gasteiger partial charge in [0, 0.05) is 23.9 Å². The molecule has 0 radical (unpaired) electrons. The smallest absolute Gasteiger partial charge is 0.252 e. The third-order valence-corrected chi connectivity index (χ3v) is 4.60. The lowest BCUT2D eigenvalue weighted by atomic mass is 10.2. The zero-order chi connectivity index (χ0) is 18.9. The number of para-hydroxylation sites is 2. The largest absolute Gasteiger partial charge is 0.352 e. The van der Waals surface area contributed by atoms with Crippen LogP contribution in [0.1, 0.15) is 23.2 Å². The standard InChI is InChI=1S/C21H21N3O2S/c25-20(12-7-14-22-21(26)17-13-15-27-16-17)23-24(18-8-3-1-4-9-18)19-10-5-2-6-11-19/h1-6,8-11,13,15-16H,7,12,14H2,(H,22,26)(H,23,25). The molecule has 1 heterocycles. The number of thiophene rings is 1. The Kier molecular flexibility index (Phi) is 6.60. The number of rotatable bonds is 8. The Balaban J connectivity index is 1.53. The van der Waals surface area contributed by atoms with Gasteiger partial charge in [-0.2, -0.15) is 11.3 Å². The Bertz CT molecular complexity index is 812. The molecule has 0 aliphatic heterocycles. The average Bonchev–Trinajstić information content (AvgIpc) is 3.25. The number of anilines is 2. The van der Waals surface area contributed by atoms with E-state index in [9.17, 15) is 9.59 Å². The summed E-state index contributed by atoms with van der Waals surface area (Å²) in [5.74, 6) is -0.209. The lowest BCUT2D eigenvalue weighted by Gasteiger charge is -2.25. The summed E-state index contributed by atoms with van der Waals surface area (Å²) in [6.45, 7) is 0.457. The van der Waals surface area contributed by atoms with E-state index in [1.54, 1.807) is 16.5 Å². The van der Waals surface area contributed by atoms with Crippen LogP contribution in [-0.4, -0.2) is 18.4 Å². The van der Waals surface area contributed by atoms with Crippen LogP contribution in [0, 0.1) is 0 Å². The van der Waals surface area contributed by atoms with Crippen LogP contribution in [0.2, 0.25) is 0 Å². The molecule has 0 atom stereocenters. The molecule has 0 fully saturated rings. The summed E-state index contributed by atoms with van der Waals surface area (Å²) in [4.78, 5) is 24.3. The summed E-state index contributed by atoms with van der Waals surface area (Å²) in [6.07, 6.45) is 0.888. The van der Waals surface area contributed by atoms with Crippen LogP contribution in [0.3, 0.4) is 0 Å². The second kappa shape index (κ2) is 9.54. The van der Waals surface area contributed by atoms with Crippen LogP contribution >= 0.6 is 11.3 Å². The molecule has 2 N–H and O–H groups in total. The molecule has 27 heavy (non-hydrogen) atoms. The van der Waals surface area contributed by atoms with Gasteiger partial charge in [0.15, 0.2) is 0 Å². The third-order valence-electron chi connectivity index (χ3n) is 3.91. The zero-order valence-electron chi connectivity index (χ0n) is 14.8. The number of amides is 2. The van der Waals surface area contributed by atoms with E-state index in [1.807, 2.05) is 66.0 Å². The summed E-state index contributed by atoms with van der Waals surface area (Å²) in [7, 11) is 0. The zero-order valence-corrected chi connectivity index (χ0v) is 15.6. The highest BCUT2D eigenvalue weighted by Gasteiger charge is 2.12. The van der Waals surface area contributed by atoms with E-state index < -0.39 is 0 Å². The van der Waals surface area contributed by atoms with Crippen molar-refractivity contribution in [1.29, 1.82) is 0 Å². The van der Waals surface area contributed by atoms with Gasteiger partial charge in [0.25, 0.3) is 5.91 Å². The van der Waals surface area contributed by atoms with Crippen LogP contribution < -0.4 is 15.8 Å². The SMILES string of the molecule is O=C(CCCNC(=O)c1ccsc1)NN(c1ccccc1)c1ccccc1. The Labute approximate surface area is 162 Å². The Morgan fingerprint density at radius 1 is 0.889 bits per heavy atom. The molecule has 0 saturated carbocycles. The van der Waals surface area contributed by atoms with Gasteiger partial charge in [0.05, 0.1) is 11.4 Å². The van der Waals surface area contributed by atoms with E-state index in [0.29, 0.717) is 24.9 Å². The topological polar surface area (TPSA) is 61.4 Å². The lowest BCUT2D eigenvalue weighted by molar-refractivity contribution is -0.121. The maximum absolute atomic E-state index is 12.4. The Morgan fingerprint density at radius 3 is 2.07 bits per heavy atom. The summed E-state index contributed by atoms with van der Waals surface area (Å²) in [5.41, 5.74) is 5.36. The van der Waals surface area contributed by atoms with Gasteiger partial charge in [0.1, 0.15) is 0 Å². The number of nitrogens with one attached hydrogen (secondary N) is 2. The first-order valence-corrected chi connectivity index (χ1v) is 9.68. The van der Waals surface area contributed by atoms with Crippen LogP contribution in [0.4, 0.5) is 11.4 Å². The van der Waals surface area contributed by atoms with Crippen LogP contribution in [0.15, 0.2) is 77.5 Å². The predicted molar refractivity (Wildman–Crippen MR) is 109 cm³/mol. The van der Waals surface area contributed by atoms with Crippen molar-refractivity contribution in [3.05, 3.63) is 83.1 Å². The van der Waals surface area contributed by atoms with E-state index in [1.165, 1.54) is 11.3 Å². The van der Waals surface area contributed by atoms with Gasteiger partial charge in [0.2, 0.25) is 5.91 Å². The van der Waals surface area contributed by atoms with Crippen LogP contribution in [0.25, 0.3) is 0 Å². The summed E-state index contributed by atoms with van der Waals surface area (Å²) in [6, 6.07) is 21.1. The van der Waals surface area contributed by atoms with E-state index >= 15 is 0 Å². The second-order valence-electron chi connectivity index (χ2n) is 5.91. The van der Waals surface area contributed by atoms with Gasteiger partial charge in [-0.05, 0) is 42.1 Å². The molecule has 0 spiro atoms. The Hall–Kier alpha value is -3.12. The molecule has 3 aromatic rings. The molecule has 0 bridgehead atoms. The molecule has 2 amide bonds. The van der Waals surface area contributed by atoms with Gasteiger partial charge in [-0.25, -0.2) is 0 Å². The van der Waals surface area contributed by atoms with Gasteiger partial charge >= 0.3 is 0 Å². The van der Waals surface area contributed by atoms with Crippen molar-refractivity contribution < 1.29 is 9.59 Å². The van der Waals surface area contributed by atoms with Gasteiger partial charge in [-0.3, -0.25) is 20.0 Å². The number of nitrogens with zero attached hydrogens (tertiary/aromatic N) is 1. The van der Waals surface area contributed by atoms with Crippen LogP contribution in [-0.2, 0) is 4.79 Å². The van der Waals surface area contributed by atoms with Crippen molar-refractivity contribution in [2.45, 2.75) is 12.8 Å². The average molecular weight is 379 g/mol. The number of carbonyl (C=O) groups excluding carboxylic acids is 2. The minimum atomic E-state index is -0.105. The molecular formula is C21H21N3O2S. The highest BCUT2D eigenvalue weighted by molar-refractivity contribution is 7.08. The fraction of sp³-hybridized carbons (Fsp3) is 0.143. The molecule has 5 nitrogen and oxygen atoms in total. The number of benzene rings is 2. The van der Waals surface area contributed by atoms with Gasteiger partial charge in [-0.1, -0.05) is 36.4 Å². The van der Waals surface area contributed by atoms with Gasteiger partial charge in [-0.15, -0.1) is 0 Å². The van der Waals surface area contributed by atoms with Crippen molar-refractivity contribution in [2.75, 3.05) is 11.6 Å². The van der Waals surface area contributed by atoms with Crippen molar-refractivity contribution in [3.8, 4) is 0 Å². The van der Waals surface area contributed by atoms with Crippen molar-refractivity contribution in [3.63, 3.8) is 0 Å². The van der Waals surface area contributed by atoms with E-state index in [2.05, 4.69) is 10.7 Å². The number of hydrogen-bond donors (Lipinski definition) is 2. The van der Waals surface area contributed by atoms with E-state index in [-0.39, 0.29) is 11.8 Å². The first-order chi connectivity index (χ1) is 13.2. The highest BCUT2D eigenvalue weighted by atomic mass is 32.1. The summed E-state index contributed by atoms with van der Waals surface area (Å²) in [5, 5.41) is 8.27. The van der Waals surface area contributed by atoms with E-state index in [4.69, 9.17) is 0 Å². The number of carbonyl (C=O) groups is 2. The summed E-state index contributed by atoms with van der Waals surface area (Å²) < 4.78 is 0. The maximum Gasteiger partial charge on any atom is 0.252 e. The number of hydrazine groups is 1. The van der Waals surface area contributed by atoms with Gasteiger partial charge < -0.3 is 5.32 Å². The molecule has 0 aliphatic carbocycles. The molecular weight excluding hydrogens is 358 g/mol. The predicted octanol–water partition coefficient (Wildman–Crippen LogP) is 4.13. The number of hydrogen-bond acceptors (Lipinski definition) is 4. The van der Waals surface area contributed by atoms with E-state index in [0.717, 1.165) is 11.4 Å². The molecule has 3 rings (SSSR count). The molecule has 0 aliphatic rings. The quantitative estimate of drug-likeness (QED) is 0.457.